The zero-order chi connectivity index (χ0) is 21.7. The molecule has 0 radical (unpaired) electrons. The van der Waals surface area contributed by atoms with Crippen molar-refractivity contribution in [1.29, 1.82) is 5.26 Å². The number of hydrogen-bond donors (Lipinski definition) is 2. The second-order valence-corrected chi connectivity index (χ2v) is 7.44. The Labute approximate surface area is 173 Å². The van der Waals surface area contributed by atoms with Gasteiger partial charge in [-0.2, -0.15) is 13.7 Å². The predicted molar refractivity (Wildman–Crippen MR) is 112 cm³/mol. The van der Waals surface area contributed by atoms with Crippen molar-refractivity contribution < 1.29 is 22.5 Å². The standard InChI is InChI=1S/C21H17N3O5S/c1-15(25)23-17-7-9-18(10-8-17)24(30(26,27)28)19-11-12-21(16(13-19)14-22)29-20-5-3-2-4-6-20/h2-13H,1H3,(H,23,25)(H,26,27,28). The maximum atomic E-state index is 12.1. The second kappa shape index (κ2) is 8.65. The van der Waals surface area contributed by atoms with Gasteiger partial charge in [0.2, 0.25) is 5.91 Å². The van der Waals surface area contributed by atoms with Crippen molar-refractivity contribution in [3.63, 3.8) is 0 Å². The van der Waals surface area contributed by atoms with E-state index in [1.54, 1.807) is 24.3 Å². The number of nitriles is 1. The zero-order valence-corrected chi connectivity index (χ0v) is 16.6. The fraction of sp³-hybridized carbons (Fsp3) is 0.0476. The summed E-state index contributed by atoms with van der Waals surface area (Å²) < 4.78 is 40.3. The minimum Gasteiger partial charge on any atom is -0.456 e. The van der Waals surface area contributed by atoms with Crippen molar-refractivity contribution in [1.82, 2.24) is 0 Å². The van der Waals surface area contributed by atoms with Crippen LogP contribution in [0.2, 0.25) is 0 Å². The van der Waals surface area contributed by atoms with Gasteiger partial charge < -0.3 is 10.1 Å². The average molecular weight is 423 g/mol. The molecule has 3 rings (SSSR count). The molecule has 0 heterocycles. The van der Waals surface area contributed by atoms with Gasteiger partial charge in [0.15, 0.2) is 0 Å². The highest BCUT2D eigenvalue weighted by Crippen LogP contribution is 2.34. The van der Waals surface area contributed by atoms with E-state index in [1.165, 1.54) is 49.4 Å². The van der Waals surface area contributed by atoms with Crippen molar-refractivity contribution in [2.75, 3.05) is 9.62 Å². The predicted octanol–water partition coefficient (Wildman–Crippen LogP) is 4.25. The molecular formula is C21H17N3O5S. The van der Waals surface area contributed by atoms with Crippen molar-refractivity contribution in [3.8, 4) is 17.6 Å². The molecule has 0 atom stereocenters. The Morgan fingerprint density at radius 1 is 1.03 bits per heavy atom. The van der Waals surface area contributed by atoms with Crippen molar-refractivity contribution in [2.24, 2.45) is 0 Å². The Morgan fingerprint density at radius 2 is 1.67 bits per heavy atom. The molecule has 30 heavy (non-hydrogen) atoms. The molecule has 9 heteroatoms. The lowest BCUT2D eigenvalue weighted by atomic mass is 10.2. The molecule has 0 unspecified atom stereocenters. The molecule has 0 aliphatic heterocycles. The fourth-order valence-corrected chi connectivity index (χ4v) is 3.50. The molecular weight excluding hydrogens is 406 g/mol. The van der Waals surface area contributed by atoms with Gasteiger partial charge in [-0.1, -0.05) is 18.2 Å². The molecule has 0 aliphatic carbocycles. The molecule has 0 bridgehead atoms. The largest absolute Gasteiger partial charge is 0.456 e. The molecule has 2 N–H and O–H groups in total. The Kier molecular flexibility index (Phi) is 6.01. The summed E-state index contributed by atoms with van der Waals surface area (Å²) in [5, 5.41) is 12.1. The van der Waals surface area contributed by atoms with Crippen LogP contribution < -0.4 is 14.4 Å². The first kappa shape index (κ1) is 20.9. The summed E-state index contributed by atoms with van der Waals surface area (Å²) in [6.45, 7) is 1.35. The van der Waals surface area contributed by atoms with Gasteiger partial charge in [-0.25, -0.2) is 4.31 Å². The number of nitrogens with zero attached hydrogens (tertiary/aromatic N) is 2. The number of benzene rings is 3. The fourth-order valence-electron chi connectivity index (χ4n) is 2.74. The number of ether oxygens (including phenoxy) is 1. The van der Waals surface area contributed by atoms with Crippen LogP contribution in [0.25, 0.3) is 0 Å². The van der Waals surface area contributed by atoms with Gasteiger partial charge in [-0.15, -0.1) is 0 Å². The number of nitrogens with one attached hydrogen (secondary N) is 1. The monoisotopic (exact) mass is 423 g/mol. The molecule has 8 nitrogen and oxygen atoms in total. The van der Waals surface area contributed by atoms with Gasteiger partial charge in [-0.3, -0.25) is 9.35 Å². The summed E-state index contributed by atoms with van der Waals surface area (Å²) in [4.78, 5) is 11.1. The molecule has 0 fully saturated rings. The molecule has 3 aromatic rings. The Morgan fingerprint density at radius 3 is 2.23 bits per heavy atom. The van der Waals surface area contributed by atoms with Gasteiger partial charge >= 0.3 is 10.3 Å². The van der Waals surface area contributed by atoms with Crippen LogP contribution in [0, 0.1) is 11.3 Å². The third-order valence-electron chi connectivity index (χ3n) is 3.94. The minimum atomic E-state index is -4.71. The second-order valence-electron chi connectivity index (χ2n) is 6.18. The molecule has 0 saturated heterocycles. The van der Waals surface area contributed by atoms with Gasteiger partial charge in [0.1, 0.15) is 17.6 Å². The average Bonchev–Trinajstić information content (AvgIpc) is 2.70. The Hall–Kier alpha value is -3.87. The smallest absolute Gasteiger partial charge is 0.364 e. The number of rotatable bonds is 6. The third-order valence-corrected chi connectivity index (χ3v) is 4.83. The number of para-hydroxylation sites is 1. The number of amides is 1. The molecule has 0 saturated carbocycles. The molecule has 152 valence electrons. The highest BCUT2D eigenvalue weighted by Gasteiger charge is 2.23. The first-order valence-electron chi connectivity index (χ1n) is 8.70. The van der Waals surface area contributed by atoms with E-state index in [9.17, 15) is 23.0 Å². The van der Waals surface area contributed by atoms with E-state index >= 15 is 0 Å². The topological polar surface area (TPSA) is 120 Å². The summed E-state index contributed by atoms with van der Waals surface area (Å²) in [7, 11) is -4.71. The maximum Gasteiger partial charge on any atom is 0.364 e. The van der Waals surface area contributed by atoms with Gasteiger partial charge in [0, 0.05) is 12.6 Å². The summed E-state index contributed by atoms with van der Waals surface area (Å²) >= 11 is 0. The number of carbonyl (C=O) groups is 1. The van der Waals surface area contributed by atoms with E-state index in [4.69, 9.17) is 4.74 Å². The maximum absolute atomic E-state index is 12.1. The van der Waals surface area contributed by atoms with Crippen molar-refractivity contribution in [3.05, 3.63) is 78.4 Å². The van der Waals surface area contributed by atoms with E-state index in [-0.39, 0.29) is 28.6 Å². The van der Waals surface area contributed by atoms with Crippen LogP contribution in [0.3, 0.4) is 0 Å². The highest BCUT2D eigenvalue weighted by molar-refractivity contribution is 7.87. The van der Waals surface area contributed by atoms with Crippen molar-refractivity contribution in [2.45, 2.75) is 6.92 Å². The summed E-state index contributed by atoms with van der Waals surface area (Å²) in [5.41, 5.74) is 0.708. The Bertz CT molecular complexity index is 1200. The molecule has 3 aromatic carbocycles. The zero-order valence-electron chi connectivity index (χ0n) is 15.8. The van der Waals surface area contributed by atoms with Crippen LogP contribution in [-0.4, -0.2) is 18.9 Å². The van der Waals surface area contributed by atoms with Gasteiger partial charge in [0.05, 0.1) is 16.9 Å². The van der Waals surface area contributed by atoms with E-state index in [1.807, 2.05) is 12.1 Å². The SMILES string of the molecule is CC(=O)Nc1ccc(N(c2ccc(Oc3ccccc3)c(C#N)c2)S(=O)(=O)O)cc1. The first-order chi connectivity index (χ1) is 14.3. The number of carbonyl (C=O) groups excluding carboxylic acids is 1. The minimum absolute atomic E-state index is 0.0433. The molecule has 0 aromatic heterocycles. The van der Waals surface area contributed by atoms with Crippen LogP contribution in [-0.2, 0) is 15.1 Å². The third kappa shape index (κ3) is 4.94. The molecule has 0 aliphatic rings. The summed E-state index contributed by atoms with van der Waals surface area (Å²) in [5.74, 6) is 0.479. The summed E-state index contributed by atoms with van der Waals surface area (Å²) in [6.07, 6.45) is 0. The van der Waals surface area contributed by atoms with E-state index in [0.717, 1.165) is 0 Å². The van der Waals surface area contributed by atoms with Crippen LogP contribution in [0.4, 0.5) is 17.1 Å². The number of hydrogen-bond acceptors (Lipinski definition) is 5. The number of anilines is 3. The first-order valence-corrected chi connectivity index (χ1v) is 10.1. The van der Waals surface area contributed by atoms with E-state index in [0.29, 0.717) is 15.7 Å². The normalized spacial score (nSPS) is 10.7. The lowest BCUT2D eigenvalue weighted by Crippen LogP contribution is -2.25. The van der Waals surface area contributed by atoms with Crippen molar-refractivity contribution >= 4 is 33.3 Å². The van der Waals surface area contributed by atoms with Crippen LogP contribution in [0.15, 0.2) is 72.8 Å². The van der Waals surface area contributed by atoms with Crippen LogP contribution in [0.1, 0.15) is 12.5 Å². The lowest BCUT2D eigenvalue weighted by molar-refractivity contribution is -0.114. The summed E-state index contributed by atoms with van der Waals surface area (Å²) in [6, 6.07) is 20.8. The van der Waals surface area contributed by atoms with E-state index < -0.39 is 10.3 Å². The lowest BCUT2D eigenvalue weighted by Gasteiger charge is -2.22. The van der Waals surface area contributed by atoms with Gasteiger partial charge in [0.25, 0.3) is 0 Å². The quantitative estimate of drug-likeness (QED) is 0.572. The molecule has 1 amide bonds. The van der Waals surface area contributed by atoms with E-state index in [2.05, 4.69) is 5.32 Å². The van der Waals surface area contributed by atoms with Crippen LogP contribution in [0.5, 0.6) is 11.5 Å². The van der Waals surface area contributed by atoms with Gasteiger partial charge in [-0.05, 0) is 54.6 Å². The van der Waals surface area contributed by atoms with Crippen LogP contribution >= 0.6 is 0 Å². The highest BCUT2D eigenvalue weighted by atomic mass is 32.2. The molecule has 0 spiro atoms. The Balaban J connectivity index is 1.99.